The first-order chi connectivity index (χ1) is 35.6. The molecule has 0 bridgehead atoms. The minimum Gasteiger partial charge on any atom is -0.493 e. The highest BCUT2D eigenvalue weighted by molar-refractivity contribution is 7.86. The second kappa shape index (κ2) is 24.8. The van der Waals surface area contributed by atoms with Crippen molar-refractivity contribution in [2.24, 2.45) is 30.7 Å². The normalized spacial score (nSPS) is 11.8. The lowest BCUT2D eigenvalue weighted by molar-refractivity contribution is -0.114. The van der Waals surface area contributed by atoms with Crippen molar-refractivity contribution in [2.75, 3.05) is 23.9 Å². The van der Waals surface area contributed by atoms with E-state index in [0.29, 0.717) is 34.0 Å². The fourth-order valence-corrected chi connectivity index (χ4v) is 8.79. The highest BCUT2D eigenvalue weighted by Gasteiger charge is 2.24. The second-order valence-corrected chi connectivity index (χ2v) is 21.3. The van der Waals surface area contributed by atoms with Crippen molar-refractivity contribution in [1.82, 2.24) is 9.38 Å². The van der Waals surface area contributed by atoms with Gasteiger partial charge in [-0.2, -0.15) is 35.8 Å². The summed E-state index contributed by atoms with van der Waals surface area (Å²) in [6.45, 7) is 3.90. The number of carbonyl (C=O) groups excluding carboxylic acids is 1. The Morgan fingerprint density at radius 1 is 0.816 bits per heavy atom. The molecule has 7 aromatic rings. The number of imidazole rings is 1. The van der Waals surface area contributed by atoms with Gasteiger partial charge in [0.15, 0.2) is 16.3 Å². The van der Waals surface area contributed by atoms with Crippen LogP contribution >= 0.6 is 11.3 Å². The summed E-state index contributed by atoms with van der Waals surface area (Å²) in [7, 11) is -16.0. The lowest BCUT2D eigenvalue weighted by atomic mass is 10.0. The van der Waals surface area contributed by atoms with E-state index in [4.69, 9.17) is 21.9 Å². The van der Waals surface area contributed by atoms with Crippen LogP contribution in [0.5, 0.6) is 11.6 Å². The van der Waals surface area contributed by atoms with E-state index in [0.717, 1.165) is 17.4 Å². The van der Waals surface area contributed by atoms with Crippen LogP contribution in [0.25, 0.3) is 27.8 Å². The lowest BCUT2D eigenvalue weighted by Gasteiger charge is -2.12. The summed E-state index contributed by atoms with van der Waals surface area (Å²) in [5, 5.41) is 70.4. The third-order valence-electron chi connectivity index (χ3n) is 9.83. The Labute approximate surface area is 437 Å². The van der Waals surface area contributed by atoms with Gasteiger partial charge < -0.3 is 20.3 Å². The summed E-state index contributed by atoms with van der Waals surface area (Å²) < 4.78 is 125. The number of nitrogens with one attached hydrogen (secondary N) is 1. The van der Waals surface area contributed by atoms with Crippen LogP contribution in [0, 0.1) is 36.5 Å². The zero-order valence-corrected chi connectivity index (χ0v) is 43.7. The number of para-hydroxylation sites is 2. The number of aromatic hydroxyl groups is 1. The van der Waals surface area contributed by atoms with Crippen LogP contribution in [0.2, 0.25) is 0 Å². The van der Waals surface area contributed by atoms with Gasteiger partial charge in [0.2, 0.25) is 11.8 Å². The average molecular weight is 1140 g/mol. The van der Waals surface area contributed by atoms with Crippen LogP contribution in [0.4, 0.5) is 38.4 Å². The van der Waals surface area contributed by atoms with Gasteiger partial charge in [-0.25, -0.2) is 4.98 Å². The van der Waals surface area contributed by atoms with E-state index < -0.39 is 57.5 Å². The molecule has 396 valence electrons. The van der Waals surface area contributed by atoms with Crippen molar-refractivity contribution in [3.8, 4) is 34.9 Å². The van der Waals surface area contributed by atoms with Crippen molar-refractivity contribution >= 4 is 113 Å². The van der Waals surface area contributed by atoms with Crippen molar-refractivity contribution in [3.05, 3.63) is 107 Å². The van der Waals surface area contributed by atoms with Crippen LogP contribution in [0.15, 0.2) is 114 Å². The quantitative estimate of drug-likeness (QED) is 0.0319. The summed E-state index contributed by atoms with van der Waals surface area (Å²) >= 11 is 0.855. The number of carbonyl (C=O) groups is 1. The van der Waals surface area contributed by atoms with Crippen LogP contribution in [0.1, 0.15) is 41.2 Å². The Balaban J connectivity index is 0.00000109. The smallest absolute Gasteiger partial charge is 0.425 e. The molecule has 6 N–H and O–H groups in total. The van der Waals surface area contributed by atoms with E-state index in [2.05, 4.69) is 53.1 Å². The number of azo groups is 3. The molecule has 3 aromatic heterocycles. The van der Waals surface area contributed by atoms with E-state index in [1.54, 1.807) is 62.4 Å². The average Bonchev–Trinajstić information content (AvgIpc) is 3.89. The molecule has 76 heavy (non-hydrogen) atoms. The van der Waals surface area contributed by atoms with Gasteiger partial charge in [0.25, 0.3) is 30.4 Å². The maximum Gasteiger partial charge on any atom is 0.425 e. The number of amides is 1. The van der Waals surface area contributed by atoms with Gasteiger partial charge in [-0.3, -0.25) is 22.9 Å². The number of aliphatic hydroxyl groups is 1. The minimum absolute atomic E-state index is 0.0203. The van der Waals surface area contributed by atoms with E-state index in [1.165, 1.54) is 35.6 Å². The number of aryl methyl sites for hydroxylation is 1. The highest BCUT2D eigenvalue weighted by atomic mass is 32.2. The Bertz CT molecular complexity index is 4060. The van der Waals surface area contributed by atoms with Gasteiger partial charge in [0, 0.05) is 29.8 Å². The van der Waals surface area contributed by atoms with Crippen LogP contribution in [0.3, 0.4) is 0 Å². The molecule has 7 rings (SSSR count). The number of rotatable bonds is 15. The summed E-state index contributed by atoms with van der Waals surface area (Å²) in [6, 6.07) is 24.3. The molecule has 3 heterocycles. The summed E-state index contributed by atoms with van der Waals surface area (Å²) in [4.78, 5) is 15.5. The Morgan fingerprint density at radius 2 is 1.45 bits per heavy atom. The lowest BCUT2D eigenvalue weighted by Crippen LogP contribution is -2.08. The number of hydrogen-bond donors (Lipinski definition) is 6. The third kappa shape index (κ3) is 15.6. The maximum absolute atomic E-state index is 12.4. The largest absolute Gasteiger partial charge is 0.493 e. The molecule has 0 aliphatic heterocycles. The number of aromatic nitrogens is 2. The summed E-state index contributed by atoms with van der Waals surface area (Å²) in [6.07, 6.45) is 0.590. The van der Waals surface area contributed by atoms with Crippen molar-refractivity contribution < 1.29 is 71.3 Å². The molecular formula is C44H39N11O16S5. The number of nitriles is 2. The molecule has 0 saturated carbocycles. The number of thiophene rings is 1. The Morgan fingerprint density at radius 3 is 2.07 bits per heavy atom. The molecule has 0 atom stereocenters. The predicted octanol–water partition coefficient (Wildman–Crippen LogP) is 8.38. The molecule has 0 fully saturated rings. The number of pyridine rings is 1. The number of nitrogens with zero attached hydrogens (tertiary/aromatic N) is 10. The Hall–Kier alpha value is -8.31. The first-order valence-corrected chi connectivity index (χ1v) is 27.7. The molecule has 0 spiro atoms. The first-order valence-electron chi connectivity index (χ1n) is 21.0. The zero-order valence-electron chi connectivity index (χ0n) is 39.6. The van der Waals surface area contributed by atoms with Gasteiger partial charge in [0.05, 0.1) is 41.9 Å². The molecule has 0 unspecified atom stereocenters. The van der Waals surface area contributed by atoms with E-state index in [1.807, 2.05) is 0 Å². The molecule has 27 nitrogen and oxygen atoms in total. The van der Waals surface area contributed by atoms with Gasteiger partial charge in [-0.1, -0.05) is 41.7 Å². The van der Waals surface area contributed by atoms with E-state index >= 15 is 0 Å². The molecule has 0 saturated heterocycles. The SMILES string of the molecule is CC(=O)Nc1ccc(N=Nc2sc(N=Nc3cc(OCCCS(=O)(=O)O)c(N=Nc4c(C)c(C#N)c5nc6ccccc6n5c4O)cc3C)c(C#N)c2-c2cccc(CO)c2)c(S(=O)(=O)O)c1.CS(=O)(=O)O.O=S(=O)=O. The zero-order chi connectivity index (χ0) is 56.3. The van der Waals surface area contributed by atoms with Crippen molar-refractivity contribution in [2.45, 2.75) is 38.7 Å². The van der Waals surface area contributed by atoms with Crippen LogP contribution in [-0.2, 0) is 52.4 Å². The molecule has 0 aliphatic carbocycles. The minimum atomic E-state index is -4.88. The number of hydrogen-bond acceptors (Lipinski definition) is 23. The van der Waals surface area contributed by atoms with Gasteiger partial charge in [0.1, 0.15) is 50.3 Å². The van der Waals surface area contributed by atoms with Crippen LogP contribution in [-0.4, -0.2) is 95.7 Å². The number of aliphatic hydroxyl groups excluding tert-OH is 1. The summed E-state index contributed by atoms with van der Waals surface area (Å²) in [5.41, 5.74) is 3.24. The number of anilines is 1. The molecule has 0 radical (unpaired) electrons. The number of benzene rings is 4. The molecule has 1 amide bonds. The second-order valence-electron chi connectivity index (χ2n) is 15.4. The van der Waals surface area contributed by atoms with Gasteiger partial charge in [-0.15, -0.1) is 43.3 Å². The number of fused-ring (bicyclic) bond motifs is 3. The fraction of sp³-hybridized carbons (Fsp3) is 0.182. The van der Waals surface area contributed by atoms with Crippen LogP contribution < -0.4 is 10.1 Å². The predicted molar refractivity (Wildman–Crippen MR) is 272 cm³/mol. The van der Waals surface area contributed by atoms with Crippen molar-refractivity contribution in [1.29, 1.82) is 10.5 Å². The highest BCUT2D eigenvalue weighted by Crippen LogP contribution is 2.49. The topological polar surface area (TPSA) is 432 Å². The first kappa shape index (κ1) is 58.6. The fourth-order valence-electron chi connectivity index (χ4n) is 6.74. The van der Waals surface area contributed by atoms with Crippen molar-refractivity contribution in [3.63, 3.8) is 0 Å². The van der Waals surface area contributed by atoms with Gasteiger partial charge in [-0.05, 0) is 79.4 Å². The standard InChI is InChI=1S/C43H35N11O10S3.CH4O3S.O3S/c1-23-16-34(50-51-39-24(2)29(20-44)40-47-31-10-4-5-11-35(31)54(40)43(39)57)36(64-14-7-15-66(58,59)60)19-33(23)49-52-41-30(21-45)38(27-9-6-8-26(17-27)22-55)42(65-41)53-48-32-13-12-28(46-25(3)56)18-37(32)67(61,62)63;1-5(2,3)4;1-4(2)3/h4-6,8-13,16-19,55,57H,7,14-15,22H2,1-3H3,(H,46,56)(H,58,59,60)(H,61,62,63);1H3,(H,2,3,4);. The molecule has 4 aromatic carbocycles. The van der Waals surface area contributed by atoms with E-state index in [-0.39, 0.29) is 97.6 Å². The van der Waals surface area contributed by atoms with E-state index in [9.17, 15) is 59.9 Å². The maximum atomic E-state index is 12.4. The monoisotopic (exact) mass is 1140 g/mol. The molecule has 0 aliphatic rings. The van der Waals surface area contributed by atoms with Gasteiger partial charge >= 0.3 is 10.6 Å². The molecular weight excluding hydrogens is 1100 g/mol. The Kier molecular flexibility index (Phi) is 19.1. The third-order valence-corrected chi connectivity index (χ3v) is 12.5. The summed E-state index contributed by atoms with van der Waals surface area (Å²) in [5.74, 6) is -1.42. The molecule has 32 heteroatoms. The number of ether oxygens (including phenoxy) is 1.